The number of nitrogens with two attached hydrogens (primary N) is 2. The van der Waals surface area contributed by atoms with Crippen molar-refractivity contribution in [1.82, 2.24) is 19.7 Å². The third-order valence-electron chi connectivity index (χ3n) is 8.86. The van der Waals surface area contributed by atoms with E-state index in [1.165, 1.54) is 12.1 Å². The zero-order valence-corrected chi connectivity index (χ0v) is 33.6. The Bertz CT molecular complexity index is 2050. The Labute approximate surface area is 320 Å². The van der Waals surface area contributed by atoms with Gasteiger partial charge in [0.1, 0.15) is 17.4 Å². The number of Topliss-reactive ketones (excluding diaryl/α,β-unsaturated/α-hetero) is 1. The van der Waals surface area contributed by atoms with Crippen LogP contribution >= 0.6 is 0 Å². The predicted octanol–water partition coefficient (Wildman–Crippen LogP) is 0.461. The number of benzene rings is 2. The van der Waals surface area contributed by atoms with Gasteiger partial charge in [-0.05, 0) is 77.1 Å². The molecule has 1 aliphatic heterocycles. The maximum atomic E-state index is 13.5. The fourth-order valence-corrected chi connectivity index (χ4v) is 8.85. The molecule has 21 heteroatoms. The number of nitro groups is 1. The van der Waals surface area contributed by atoms with Gasteiger partial charge in [-0.1, -0.05) is 12.1 Å². The molecule has 3 rings (SSSR count). The van der Waals surface area contributed by atoms with E-state index in [4.69, 9.17) is 20.9 Å². The molecule has 0 aliphatic carbocycles. The van der Waals surface area contributed by atoms with Gasteiger partial charge in [0, 0.05) is 38.2 Å². The van der Waals surface area contributed by atoms with Crippen molar-refractivity contribution < 1.29 is 45.6 Å². The second-order valence-corrected chi connectivity index (χ2v) is 17.3. The number of fused-ring (bicyclic) bond motifs is 1. The van der Waals surface area contributed by atoms with Crippen LogP contribution in [0.1, 0.15) is 55.9 Å². The molecule has 0 aromatic heterocycles. The van der Waals surface area contributed by atoms with Crippen molar-refractivity contribution in [2.75, 3.05) is 39.8 Å². The van der Waals surface area contributed by atoms with Gasteiger partial charge in [-0.3, -0.25) is 34.8 Å². The van der Waals surface area contributed by atoms with Crippen LogP contribution in [-0.4, -0.2) is 107 Å². The lowest BCUT2D eigenvalue weighted by atomic mass is 9.94. The second-order valence-electron chi connectivity index (χ2n) is 13.6. The number of esters is 1. The van der Waals surface area contributed by atoms with Gasteiger partial charge in [-0.25, -0.2) is 21.6 Å². The van der Waals surface area contributed by atoms with Gasteiger partial charge in [0.2, 0.25) is 21.9 Å². The van der Waals surface area contributed by atoms with Crippen LogP contribution in [0.4, 0.5) is 5.69 Å². The number of carbonyl (C=O) groups is 3. The summed E-state index contributed by atoms with van der Waals surface area (Å²) in [6.45, 7) is 9.28. The van der Waals surface area contributed by atoms with E-state index >= 15 is 0 Å². The fraction of sp³-hybridized carbons (Fsp3) is 0.529. The number of aliphatic imine (C=N–C) groups is 1. The number of nitro benzene ring substituents is 1. The average Bonchev–Trinajstić information content (AvgIpc) is 3.44. The Balaban J connectivity index is 1.68. The summed E-state index contributed by atoms with van der Waals surface area (Å²) >= 11 is 0. The number of guanidine groups is 1. The van der Waals surface area contributed by atoms with Crippen molar-refractivity contribution in [2.24, 2.45) is 16.5 Å². The highest BCUT2D eigenvalue weighted by Gasteiger charge is 2.37. The predicted molar refractivity (Wildman–Crippen MR) is 202 cm³/mol. The minimum atomic E-state index is -4.53. The Morgan fingerprint density at radius 3 is 2.38 bits per heavy atom. The first kappa shape index (κ1) is 44.7. The Kier molecular flexibility index (Phi) is 14.9. The van der Waals surface area contributed by atoms with Crippen LogP contribution in [0.3, 0.4) is 0 Å². The summed E-state index contributed by atoms with van der Waals surface area (Å²) in [6.07, 6.45) is 0.690. The zero-order valence-electron chi connectivity index (χ0n) is 31.9. The largest absolute Gasteiger partial charge is 0.487 e. The number of nitrogens with one attached hydrogen (secondary N) is 3. The molecule has 2 aromatic carbocycles. The maximum Gasteiger partial charge on any atom is 0.319 e. The minimum Gasteiger partial charge on any atom is -0.487 e. The Hall–Kier alpha value is -4.70. The molecule has 1 amide bonds. The molecule has 0 spiro atoms. The second kappa shape index (κ2) is 18.3. The van der Waals surface area contributed by atoms with E-state index in [0.29, 0.717) is 33.2 Å². The monoisotopic (exact) mass is 810 g/mol. The fourth-order valence-electron chi connectivity index (χ4n) is 5.99. The molecule has 0 unspecified atom stereocenters. The summed E-state index contributed by atoms with van der Waals surface area (Å²) in [7, 11) is -7.59. The highest BCUT2D eigenvalue weighted by Crippen LogP contribution is 2.43. The number of ketones is 1. The molecule has 0 fully saturated rings. The van der Waals surface area contributed by atoms with Gasteiger partial charge >= 0.3 is 5.97 Å². The van der Waals surface area contributed by atoms with Crippen molar-refractivity contribution in [1.29, 1.82) is 0 Å². The van der Waals surface area contributed by atoms with Crippen LogP contribution in [0.15, 0.2) is 39.0 Å². The number of nitrogens with zero attached hydrogens (tertiary/aromatic N) is 3. The molecular weight excluding hydrogens is 761 g/mol. The molecule has 0 saturated carbocycles. The number of hydrogen-bond acceptors (Lipinski definition) is 14. The van der Waals surface area contributed by atoms with Gasteiger partial charge < -0.3 is 26.3 Å². The average molecular weight is 811 g/mol. The van der Waals surface area contributed by atoms with E-state index in [1.807, 2.05) is 13.8 Å². The number of para-hydroxylation sites is 1. The third-order valence-corrected chi connectivity index (χ3v) is 12.4. The highest BCUT2D eigenvalue weighted by atomic mass is 32.2. The zero-order chi connectivity index (χ0) is 41.5. The molecule has 0 saturated heterocycles. The molecule has 0 radical (unpaired) electrons. The summed E-state index contributed by atoms with van der Waals surface area (Å²) < 4.78 is 67.5. The SMILES string of the molecule is CCOC(=O)CNCC(=O)[C@H](CN(C)S(=O)(=O)c1ccccc1[N+](=O)[O-])NC(=O)[C@@H](N)CCCN=C(N)NS(=O)(=O)c1c(C)c(C)c2c(c1C)CC(C)(C)O2. The van der Waals surface area contributed by atoms with E-state index in [-0.39, 0.29) is 43.4 Å². The first-order chi connectivity index (χ1) is 25.5. The molecule has 1 heterocycles. The Morgan fingerprint density at radius 2 is 1.75 bits per heavy atom. The lowest BCUT2D eigenvalue weighted by molar-refractivity contribution is -0.387. The lowest BCUT2D eigenvalue weighted by Crippen LogP contribution is -2.54. The van der Waals surface area contributed by atoms with Crippen LogP contribution in [0.2, 0.25) is 0 Å². The van der Waals surface area contributed by atoms with Crippen LogP contribution in [0, 0.1) is 30.9 Å². The van der Waals surface area contributed by atoms with Gasteiger partial charge in [-0.2, -0.15) is 4.31 Å². The molecule has 304 valence electrons. The van der Waals surface area contributed by atoms with Crippen LogP contribution in [-0.2, 0) is 45.6 Å². The molecule has 1 aliphatic rings. The van der Waals surface area contributed by atoms with E-state index in [1.54, 1.807) is 27.7 Å². The normalized spacial score (nSPS) is 15.1. The van der Waals surface area contributed by atoms with Crippen molar-refractivity contribution >= 4 is 49.4 Å². The molecule has 2 aromatic rings. The minimum absolute atomic E-state index is 0.000249. The maximum absolute atomic E-state index is 13.5. The number of amides is 1. The quantitative estimate of drug-likeness (QED) is 0.0322. The summed E-state index contributed by atoms with van der Waals surface area (Å²) in [5.74, 6) is -1.90. The summed E-state index contributed by atoms with van der Waals surface area (Å²) in [4.78, 5) is 52.3. The standard InChI is InChI=1S/C34H50N8O11S2/c1-8-52-29(44)18-37-17-27(43)25(19-41(7)55(50,51)28-14-10-9-13-26(28)42(46)47)39-32(45)24(35)12-11-15-38-33(36)40-54(48,49)31-21(3)20(2)30-23(22(31)4)16-34(5,6)53-30/h9-10,13-14,24-25,37H,8,11-12,15-19,35H2,1-7H3,(H,39,45)(H3,36,38,40)/t24-,25-/m0/s1. The van der Waals surface area contributed by atoms with Crippen molar-refractivity contribution in [3.8, 4) is 5.75 Å². The lowest BCUT2D eigenvalue weighted by Gasteiger charge is -2.25. The van der Waals surface area contributed by atoms with Gasteiger partial charge in [0.15, 0.2) is 10.7 Å². The van der Waals surface area contributed by atoms with E-state index in [9.17, 15) is 41.3 Å². The first-order valence-corrected chi connectivity index (χ1v) is 20.3. The molecule has 7 N–H and O–H groups in total. The summed E-state index contributed by atoms with van der Waals surface area (Å²) in [6, 6.07) is 1.94. The molecule has 55 heavy (non-hydrogen) atoms. The number of likely N-dealkylation sites (N-methyl/N-ethyl adjacent to an activating group) is 1. The Morgan fingerprint density at radius 1 is 1.09 bits per heavy atom. The van der Waals surface area contributed by atoms with E-state index < -0.39 is 84.0 Å². The first-order valence-electron chi connectivity index (χ1n) is 17.3. The summed E-state index contributed by atoms with van der Waals surface area (Å²) in [5.41, 5.74) is 13.5. The van der Waals surface area contributed by atoms with E-state index in [0.717, 1.165) is 24.7 Å². The number of rotatable bonds is 19. The number of sulfonamides is 2. The van der Waals surface area contributed by atoms with Crippen molar-refractivity contribution in [3.63, 3.8) is 0 Å². The topological polar surface area (TPSA) is 285 Å². The molecule has 2 atom stereocenters. The number of ether oxygens (including phenoxy) is 2. The van der Waals surface area contributed by atoms with Crippen molar-refractivity contribution in [3.05, 3.63) is 56.6 Å². The van der Waals surface area contributed by atoms with Gasteiger partial charge in [-0.15, -0.1) is 0 Å². The molecule has 19 nitrogen and oxygen atoms in total. The molecule has 0 bridgehead atoms. The smallest absolute Gasteiger partial charge is 0.319 e. The van der Waals surface area contributed by atoms with Crippen LogP contribution < -0.4 is 31.6 Å². The van der Waals surface area contributed by atoms with E-state index in [2.05, 4.69) is 20.3 Å². The van der Waals surface area contributed by atoms with Gasteiger partial charge in [0.25, 0.3) is 15.7 Å². The summed E-state index contributed by atoms with van der Waals surface area (Å²) in [5, 5.41) is 16.5. The van der Waals surface area contributed by atoms with Crippen molar-refractivity contribution in [2.45, 2.75) is 88.3 Å². The highest BCUT2D eigenvalue weighted by molar-refractivity contribution is 7.90. The number of hydrogen-bond donors (Lipinski definition) is 5. The van der Waals surface area contributed by atoms with Gasteiger partial charge in [0.05, 0.1) is 35.6 Å². The molecular formula is C34H50N8O11S2. The van der Waals surface area contributed by atoms with Crippen LogP contribution in [0.25, 0.3) is 0 Å². The third kappa shape index (κ3) is 11.2. The van der Waals surface area contributed by atoms with Crippen LogP contribution in [0.5, 0.6) is 5.75 Å². The number of carbonyl (C=O) groups excluding carboxylic acids is 3.